The van der Waals surface area contributed by atoms with Crippen LogP contribution in [-0.4, -0.2) is 31.1 Å². The fraction of sp³-hybridized carbons (Fsp3) is 0.294. The quantitative estimate of drug-likeness (QED) is 0.696. The zero-order valence-electron chi connectivity index (χ0n) is 12.4. The lowest BCUT2D eigenvalue weighted by Crippen LogP contribution is -2.33. The summed E-state index contributed by atoms with van der Waals surface area (Å²) in [5, 5.41) is 6.26. The summed E-state index contributed by atoms with van der Waals surface area (Å²) in [7, 11) is 0. The van der Waals surface area contributed by atoms with Crippen molar-refractivity contribution in [3.63, 3.8) is 0 Å². The molecule has 5 nitrogen and oxygen atoms in total. The van der Waals surface area contributed by atoms with Crippen molar-refractivity contribution in [1.29, 1.82) is 0 Å². The molecule has 1 aliphatic heterocycles. The van der Waals surface area contributed by atoms with Crippen molar-refractivity contribution in [1.82, 2.24) is 5.43 Å². The van der Waals surface area contributed by atoms with E-state index in [1.54, 1.807) is 13.1 Å². The highest BCUT2D eigenvalue weighted by Crippen LogP contribution is 2.22. The predicted molar refractivity (Wildman–Crippen MR) is 84.6 cm³/mol. The minimum absolute atomic E-state index is 0.125. The van der Waals surface area contributed by atoms with Crippen LogP contribution in [0.15, 0.2) is 47.6 Å². The van der Waals surface area contributed by atoms with E-state index in [-0.39, 0.29) is 12.3 Å². The summed E-state index contributed by atoms with van der Waals surface area (Å²) in [5.41, 5.74) is 3.47. The van der Waals surface area contributed by atoms with Gasteiger partial charge in [0.15, 0.2) is 5.79 Å². The Kier molecular flexibility index (Phi) is 4.18. The molecule has 0 saturated carbocycles. The van der Waals surface area contributed by atoms with Crippen molar-refractivity contribution in [2.24, 2.45) is 5.10 Å². The van der Waals surface area contributed by atoms with E-state index in [4.69, 9.17) is 9.47 Å². The molecule has 0 spiro atoms. The molecule has 0 aliphatic carbocycles. The smallest absolute Gasteiger partial charge is 0.245 e. The van der Waals surface area contributed by atoms with Gasteiger partial charge in [0, 0.05) is 5.56 Å². The third-order valence-corrected chi connectivity index (χ3v) is 3.60. The zero-order chi connectivity index (χ0) is 15.4. The van der Waals surface area contributed by atoms with Gasteiger partial charge in [-0.15, -0.1) is 0 Å². The highest BCUT2D eigenvalue weighted by atomic mass is 16.7. The Morgan fingerprint density at radius 3 is 2.77 bits per heavy atom. The molecule has 1 aliphatic rings. The molecule has 114 valence electrons. The van der Waals surface area contributed by atoms with Gasteiger partial charge in [-0.1, -0.05) is 42.5 Å². The second-order valence-corrected chi connectivity index (χ2v) is 5.37. The summed E-state index contributed by atoms with van der Waals surface area (Å²) in [6, 6.07) is 14.0. The van der Waals surface area contributed by atoms with E-state index in [2.05, 4.69) is 10.5 Å². The normalized spacial score (nSPS) is 17.1. The van der Waals surface area contributed by atoms with Crippen LogP contribution in [0, 0.1) is 0 Å². The Morgan fingerprint density at radius 2 is 1.95 bits per heavy atom. The maximum absolute atomic E-state index is 11.9. The monoisotopic (exact) mass is 298 g/mol. The first-order valence-corrected chi connectivity index (χ1v) is 7.24. The van der Waals surface area contributed by atoms with E-state index in [1.165, 1.54) is 0 Å². The average Bonchev–Trinajstić information content (AvgIpc) is 2.93. The molecule has 1 fully saturated rings. The van der Waals surface area contributed by atoms with Crippen molar-refractivity contribution in [2.45, 2.75) is 19.1 Å². The minimum Gasteiger partial charge on any atom is -0.347 e. The summed E-state index contributed by atoms with van der Waals surface area (Å²) in [6.07, 6.45) is 1.78. The second-order valence-electron chi connectivity index (χ2n) is 5.37. The molecule has 1 amide bonds. The first kappa shape index (κ1) is 14.7. The molecule has 2 aromatic rings. The fourth-order valence-corrected chi connectivity index (χ4v) is 2.53. The van der Waals surface area contributed by atoms with Crippen LogP contribution in [-0.2, 0) is 14.3 Å². The largest absolute Gasteiger partial charge is 0.347 e. The Labute approximate surface area is 128 Å². The van der Waals surface area contributed by atoms with E-state index >= 15 is 0 Å². The molecular weight excluding hydrogens is 280 g/mol. The van der Waals surface area contributed by atoms with E-state index in [1.807, 2.05) is 42.5 Å². The second kappa shape index (κ2) is 6.25. The molecule has 0 bridgehead atoms. The summed E-state index contributed by atoms with van der Waals surface area (Å²) >= 11 is 0. The standard InChI is InChI=1S/C17H18N2O3/c1-17(21-9-10-22-17)11-16(20)19-18-12-14-7-4-6-13-5-2-3-8-15(13)14/h2-8,12H,9-11H2,1H3,(H,19,20)/b18-12+. The number of nitrogens with one attached hydrogen (secondary N) is 1. The van der Waals surface area contributed by atoms with Gasteiger partial charge in [0.25, 0.3) is 0 Å². The Morgan fingerprint density at radius 1 is 1.23 bits per heavy atom. The Bertz CT molecular complexity index is 701. The number of nitrogens with zero attached hydrogens (tertiary/aromatic N) is 1. The summed E-state index contributed by atoms with van der Waals surface area (Å²) in [5.74, 6) is -1.07. The summed E-state index contributed by atoms with van der Waals surface area (Å²) in [6.45, 7) is 2.79. The molecule has 2 aromatic carbocycles. The average molecular weight is 298 g/mol. The lowest BCUT2D eigenvalue weighted by atomic mass is 10.1. The molecule has 0 radical (unpaired) electrons. The molecule has 0 atom stereocenters. The van der Waals surface area contributed by atoms with Crippen LogP contribution in [0.5, 0.6) is 0 Å². The molecule has 0 unspecified atom stereocenters. The van der Waals surface area contributed by atoms with Crippen LogP contribution in [0.1, 0.15) is 18.9 Å². The van der Waals surface area contributed by atoms with E-state index in [0.29, 0.717) is 13.2 Å². The number of hydrazone groups is 1. The molecule has 0 aromatic heterocycles. The number of hydrogen-bond acceptors (Lipinski definition) is 4. The topological polar surface area (TPSA) is 59.9 Å². The number of rotatable bonds is 4. The highest BCUT2D eigenvalue weighted by Gasteiger charge is 2.33. The van der Waals surface area contributed by atoms with Crippen LogP contribution in [0.2, 0.25) is 0 Å². The van der Waals surface area contributed by atoms with Crippen molar-refractivity contribution in [3.05, 3.63) is 48.0 Å². The molecule has 1 N–H and O–H groups in total. The van der Waals surface area contributed by atoms with Gasteiger partial charge in [-0.3, -0.25) is 4.79 Å². The van der Waals surface area contributed by atoms with Crippen molar-refractivity contribution in [2.75, 3.05) is 13.2 Å². The van der Waals surface area contributed by atoms with Gasteiger partial charge < -0.3 is 9.47 Å². The number of amides is 1. The predicted octanol–water partition coefficient (Wildman–Crippen LogP) is 2.44. The van der Waals surface area contributed by atoms with Crippen LogP contribution >= 0.6 is 0 Å². The minimum atomic E-state index is -0.834. The maximum atomic E-state index is 11.9. The number of benzene rings is 2. The number of carbonyl (C=O) groups is 1. The van der Waals surface area contributed by atoms with E-state index in [0.717, 1.165) is 16.3 Å². The van der Waals surface area contributed by atoms with Gasteiger partial charge in [0.05, 0.1) is 25.8 Å². The third kappa shape index (κ3) is 3.32. The Balaban J connectivity index is 1.65. The number of ether oxygens (including phenoxy) is 2. The van der Waals surface area contributed by atoms with Crippen LogP contribution < -0.4 is 5.43 Å². The lowest BCUT2D eigenvalue weighted by Gasteiger charge is -2.20. The van der Waals surface area contributed by atoms with Crippen LogP contribution in [0.3, 0.4) is 0 Å². The van der Waals surface area contributed by atoms with E-state index < -0.39 is 5.79 Å². The van der Waals surface area contributed by atoms with Gasteiger partial charge in [-0.2, -0.15) is 5.10 Å². The van der Waals surface area contributed by atoms with Crippen molar-refractivity contribution >= 4 is 22.9 Å². The number of hydrogen-bond donors (Lipinski definition) is 1. The molecule has 1 heterocycles. The zero-order valence-corrected chi connectivity index (χ0v) is 12.4. The summed E-state index contributed by atoms with van der Waals surface area (Å²) in [4.78, 5) is 11.9. The van der Waals surface area contributed by atoms with Gasteiger partial charge in [-0.05, 0) is 17.7 Å². The molecule has 1 saturated heterocycles. The number of fused-ring (bicyclic) bond motifs is 1. The maximum Gasteiger partial charge on any atom is 0.245 e. The van der Waals surface area contributed by atoms with Gasteiger partial charge >= 0.3 is 0 Å². The van der Waals surface area contributed by atoms with Crippen molar-refractivity contribution in [3.8, 4) is 0 Å². The number of carbonyl (C=O) groups excluding carboxylic acids is 1. The molecule has 22 heavy (non-hydrogen) atoms. The molecule has 3 rings (SSSR count). The van der Waals surface area contributed by atoms with Crippen molar-refractivity contribution < 1.29 is 14.3 Å². The third-order valence-electron chi connectivity index (χ3n) is 3.60. The fourth-order valence-electron chi connectivity index (χ4n) is 2.53. The summed E-state index contributed by atoms with van der Waals surface area (Å²) < 4.78 is 10.8. The highest BCUT2D eigenvalue weighted by molar-refractivity contribution is 5.99. The SMILES string of the molecule is CC1(CC(=O)N/N=C/c2cccc3ccccc23)OCCO1. The first-order valence-electron chi connectivity index (χ1n) is 7.24. The van der Waals surface area contributed by atoms with Gasteiger partial charge in [0.2, 0.25) is 5.91 Å². The van der Waals surface area contributed by atoms with Gasteiger partial charge in [-0.25, -0.2) is 5.43 Å². The van der Waals surface area contributed by atoms with Gasteiger partial charge in [0.1, 0.15) is 0 Å². The van der Waals surface area contributed by atoms with E-state index in [9.17, 15) is 4.79 Å². The molecular formula is C17H18N2O3. The Hall–Kier alpha value is -2.24. The van der Waals surface area contributed by atoms with Crippen LogP contribution in [0.4, 0.5) is 0 Å². The lowest BCUT2D eigenvalue weighted by molar-refractivity contribution is -0.159. The molecule has 5 heteroatoms. The van der Waals surface area contributed by atoms with Crippen LogP contribution in [0.25, 0.3) is 10.8 Å². The first-order chi connectivity index (χ1) is 10.7.